The molecule has 1 rings (SSSR count). The van der Waals surface area contributed by atoms with Gasteiger partial charge in [0.25, 0.3) is 0 Å². The Hall–Kier alpha value is -0.940. The second-order valence-corrected chi connectivity index (χ2v) is 4.99. The normalized spacial score (nSPS) is 10.6. The van der Waals surface area contributed by atoms with Gasteiger partial charge >= 0.3 is 0 Å². The van der Waals surface area contributed by atoms with E-state index in [-0.39, 0.29) is 5.91 Å². The molecule has 0 fully saturated rings. The lowest BCUT2D eigenvalue weighted by Gasteiger charge is -2.09. The lowest BCUT2D eigenvalue weighted by Crippen LogP contribution is -2.27. The van der Waals surface area contributed by atoms with Gasteiger partial charge in [-0.3, -0.25) is 4.79 Å². The van der Waals surface area contributed by atoms with Crippen LogP contribution in [0.25, 0.3) is 0 Å². The highest BCUT2D eigenvalue weighted by atomic mass is 79.9. The molecule has 0 spiro atoms. The van der Waals surface area contributed by atoms with Gasteiger partial charge in [-0.1, -0.05) is 13.8 Å². The van der Waals surface area contributed by atoms with Crippen LogP contribution >= 0.6 is 15.9 Å². The molecule has 0 aromatic carbocycles. The minimum Gasteiger partial charge on any atom is -0.325 e. The van der Waals surface area contributed by atoms with Crippen molar-refractivity contribution in [1.29, 1.82) is 0 Å². The summed E-state index contributed by atoms with van der Waals surface area (Å²) in [5.41, 5.74) is 1.74. The maximum Gasteiger partial charge on any atom is 0.225 e. The molecule has 0 unspecified atom stereocenters. The quantitative estimate of drug-likeness (QED) is 0.821. The molecule has 0 aliphatic carbocycles. The van der Waals surface area contributed by atoms with Crippen molar-refractivity contribution < 1.29 is 4.79 Å². The number of nitrogens with zero attached hydrogens (tertiary/aromatic N) is 1. The fourth-order valence-corrected chi connectivity index (χ4v) is 1.54. The molecule has 1 heterocycles. The first-order valence-electron chi connectivity index (χ1n) is 5.64. The Bertz CT molecular complexity index is 393. The predicted octanol–water partition coefficient (Wildman–Crippen LogP) is 2.48. The second-order valence-electron chi connectivity index (χ2n) is 4.24. The molecule has 1 amide bonds. The first kappa shape index (κ1) is 14.1. The van der Waals surface area contributed by atoms with Crippen LogP contribution in [0.1, 0.15) is 25.8 Å². The van der Waals surface area contributed by atoms with Crippen LogP contribution in [0.4, 0.5) is 5.69 Å². The fourth-order valence-electron chi connectivity index (χ4n) is 1.32. The van der Waals surface area contributed by atoms with Crippen molar-refractivity contribution in [2.24, 2.45) is 0 Å². The predicted molar refractivity (Wildman–Crippen MR) is 73.1 cm³/mol. The van der Waals surface area contributed by atoms with Crippen molar-refractivity contribution in [3.8, 4) is 0 Å². The molecule has 17 heavy (non-hydrogen) atoms. The third-order valence-corrected chi connectivity index (χ3v) is 3.03. The summed E-state index contributed by atoms with van der Waals surface area (Å²) in [6.45, 7) is 6.74. The van der Waals surface area contributed by atoms with Gasteiger partial charge in [0.2, 0.25) is 5.91 Å². The Labute approximate surface area is 110 Å². The second kappa shape index (κ2) is 6.71. The third kappa shape index (κ3) is 5.28. The maximum absolute atomic E-state index is 11.6. The van der Waals surface area contributed by atoms with Crippen molar-refractivity contribution in [3.63, 3.8) is 0 Å². The van der Waals surface area contributed by atoms with E-state index >= 15 is 0 Å². The monoisotopic (exact) mass is 299 g/mol. The van der Waals surface area contributed by atoms with Crippen LogP contribution in [0, 0.1) is 6.92 Å². The molecule has 0 bridgehead atoms. The van der Waals surface area contributed by atoms with Crippen LogP contribution in [0.15, 0.2) is 16.9 Å². The largest absolute Gasteiger partial charge is 0.325 e. The first-order valence-corrected chi connectivity index (χ1v) is 6.43. The van der Waals surface area contributed by atoms with Crippen molar-refractivity contribution in [2.45, 2.75) is 33.2 Å². The molecule has 0 atom stereocenters. The Morgan fingerprint density at radius 3 is 2.82 bits per heavy atom. The molecule has 5 heteroatoms. The Balaban J connectivity index is 2.42. The number of hydrogen-bond donors (Lipinski definition) is 2. The summed E-state index contributed by atoms with van der Waals surface area (Å²) in [5, 5.41) is 6.02. The zero-order chi connectivity index (χ0) is 12.8. The summed E-state index contributed by atoms with van der Waals surface area (Å²) in [6.07, 6.45) is 2.11. The molecule has 0 saturated carbocycles. The van der Waals surface area contributed by atoms with E-state index in [2.05, 4.69) is 45.4 Å². The van der Waals surface area contributed by atoms with Gasteiger partial charge in [-0.05, 0) is 34.5 Å². The van der Waals surface area contributed by atoms with E-state index in [4.69, 9.17) is 0 Å². The number of carbonyl (C=O) groups is 1. The van der Waals surface area contributed by atoms with E-state index in [0.717, 1.165) is 15.9 Å². The number of hydrogen-bond acceptors (Lipinski definition) is 3. The Kier molecular flexibility index (Phi) is 5.58. The summed E-state index contributed by atoms with van der Waals surface area (Å²) in [4.78, 5) is 15.7. The van der Waals surface area contributed by atoms with Crippen LogP contribution < -0.4 is 10.6 Å². The van der Waals surface area contributed by atoms with Gasteiger partial charge < -0.3 is 10.6 Å². The molecular weight excluding hydrogens is 282 g/mol. The number of aromatic nitrogens is 1. The number of pyridine rings is 1. The Morgan fingerprint density at radius 2 is 2.24 bits per heavy atom. The summed E-state index contributed by atoms with van der Waals surface area (Å²) >= 11 is 3.32. The number of carbonyl (C=O) groups excluding carboxylic acids is 1. The molecule has 4 nitrogen and oxygen atoms in total. The van der Waals surface area contributed by atoms with Crippen LogP contribution in [-0.4, -0.2) is 23.5 Å². The number of nitrogens with one attached hydrogen (secondary N) is 2. The number of amides is 1. The summed E-state index contributed by atoms with van der Waals surface area (Å²) < 4.78 is 0.803. The molecule has 94 valence electrons. The summed E-state index contributed by atoms with van der Waals surface area (Å²) in [7, 11) is 0. The highest BCUT2D eigenvalue weighted by Gasteiger charge is 2.04. The number of rotatable bonds is 5. The highest BCUT2D eigenvalue weighted by molar-refractivity contribution is 9.10. The molecule has 1 aromatic heterocycles. The van der Waals surface area contributed by atoms with Crippen molar-refractivity contribution in [1.82, 2.24) is 10.3 Å². The van der Waals surface area contributed by atoms with Gasteiger partial charge in [0, 0.05) is 19.0 Å². The minimum atomic E-state index is 0.00155. The van der Waals surface area contributed by atoms with E-state index < -0.39 is 0 Å². The minimum absolute atomic E-state index is 0.00155. The zero-order valence-corrected chi connectivity index (χ0v) is 12.0. The van der Waals surface area contributed by atoms with Crippen LogP contribution in [0.3, 0.4) is 0 Å². The molecule has 1 aromatic rings. The van der Waals surface area contributed by atoms with Gasteiger partial charge in [-0.25, -0.2) is 4.98 Å². The van der Waals surface area contributed by atoms with Crippen molar-refractivity contribution in [3.05, 3.63) is 22.4 Å². The van der Waals surface area contributed by atoms with Crippen LogP contribution in [-0.2, 0) is 4.79 Å². The summed E-state index contributed by atoms with van der Waals surface area (Å²) in [5.74, 6) is 0.00155. The SMILES string of the molecule is Cc1cc(NC(=O)CCNC(C)C)cnc1Br. The van der Waals surface area contributed by atoms with Gasteiger partial charge in [0.1, 0.15) is 4.60 Å². The smallest absolute Gasteiger partial charge is 0.225 e. The van der Waals surface area contributed by atoms with E-state index in [9.17, 15) is 4.79 Å². The lowest BCUT2D eigenvalue weighted by molar-refractivity contribution is -0.116. The molecule has 2 N–H and O–H groups in total. The van der Waals surface area contributed by atoms with Crippen LogP contribution in [0.2, 0.25) is 0 Å². The number of anilines is 1. The number of halogens is 1. The van der Waals surface area contributed by atoms with E-state index in [0.29, 0.717) is 19.0 Å². The van der Waals surface area contributed by atoms with Gasteiger partial charge in [-0.15, -0.1) is 0 Å². The molecule has 0 aliphatic heterocycles. The van der Waals surface area contributed by atoms with Gasteiger partial charge in [0.05, 0.1) is 11.9 Å². The average Bonchev–Trinajstić information content (AvgIpc) is 2.23. The lowest BCUT2D eigenvalue weighted by atomic mass is 10.3. The topological polar surface area (TPSA) is 54.0 Å². The molecule has 0 aliphatic rings. The zero-order valence-electron chi connectivity index (χ0n) is 10.4. The van der Waals surface area contributed by atoms with Crippen molar-refractivity contribution >= 4 is 27.5 Å². The highest BCUT2D eigenvalue weighted by Crippen LogP contribution is 2.16. The fraction of sp³-hybridized carbons (Fsp3) is 0.500. The average molecular weight is 300 g/mol. The molecule has 0 saturated heterocycles. The third-order valence-electron chi connectivity index (χ3n) is 2.20. The maximum atomic E-state index is 11.6. The van der Waals surface area contributed by atoms with Gasteiger partial charge in [-0.2, -0.15) is 0 Å². The van der Waals surface area contributed by atoms with Gasteiger partial charge in [0.15, 0.2) is 0 Å². The van der Waals surface area contributed by atoms with E-state index in [1.807, 2.05) is 13.0 Å². The Morgan fingerprint density at radius 1 is 1.53 bits per heavy atom. The molecule has 0 radical (unpaired) electrons. The van der Waals surface area contributed by atoms with E-state index in [1.165, 1.54) is 0 Å². The first-order chi connectivity index (χ1) is 7.99. The van der Waals surface area contributed by atoms with E-state index in [1.54, 1.807) is 6.20 Å². The number of aryl methyl sites for hydroxylation is 1. The van der Waals surface area contributed by atoms with Crippen LogP contribution in [0.5, 0.6) is 0 Å². The molecular formula is C12H18BrN3O. The van der Waals surface area contributed by atoms with Crippen molar-refractivity contribution in [2.75, 3.05) is 11.9 Å². The summed E-state index contributed by atoms with van der Waals surface area (Å²) in [6, 6.07) is 2.30. The standard InChI is InChI=1S/C12H18BrN3O/c1-8(2)14-5-4-11(17)16-10-6-9(3)12(13)15-7-10/h6-8,14H,4-5H2,1-3H3,(H,16,17).